The van der Waals surface area contributed by atoms with E-state index in [-0.39, 0.29) is 17.6 Å². The minimum absolute atomic E-state index is 0.271. The molecule has 0 atom stereocenters. The van der Waals surface area contributed by atoms with E-state index in [1.807, 2.05) is 32.0 Å². The van der Waals surface area contributed by atoms with Crippen LogP contribution in [0.3, 0.4) is 0 Å². The summed E-state index contributed by atoms with van der Waals surface area (Å²) in [5.74, 6) is 0.830. The fraction of sp³-hybridized carbons (Fsp3) is 0.278. The Morgan fingerprint density at radius 3 is 2.83 bits per heavy atom. The highest BCUT2D eigenvalue weighted by Gasteiger charge is 2.08. The van der Waals surface area contributed by atoms with E-state index in [2.05, 4.69) is 9.97 Å². The third-order valence-corrected chi connectivity index (χ3v) is 4.08. The Balaban J connectivity index is 1.71. The molecule has 3 aromatic rings. The molecule has 6 nitrogen and oxygen atoms in total. The Morgan fingerprint density at radius 2 is 2.00 bits per heavy atom. The number of ether oxygens (including phenoxy) is 1. The average Bonchev–Trinajstić information content (AvgIpc) is 2.57. The van der Waals surface area contributed by atoms with E-state index in [1.54, 1.807) is 12.1 Å². The van der Waals surface area contributed by atoms with Crippen LogP contribution in [0.2, 0.25) is 0 Å². The molecule has 0 radical (unpaired) electrons. The molecule has 124 valence electrons. The van der Waals surface area contributed by atoms with Gasteiger partial charge in [0.1, 0.15) is 5.75 Å². The first-order valence-corrected chi connectivity index (χ1v) is 7.85. The van der Waals surface area contributed by atoms with Crippen molar-refractivity contribution >= 4 is 11.0 Å². The van der Waals surface area contributed by atoms with E-state index in [0.29, 0.717) is 18.5 Å². The normalized spacial score (nSPS) is 10.9. The van der Waals surface area contributed by atoms with E-state index in [4.69, 9.17) is 4.74 Å². The first-order chi connectivity index (χ1) is 11.6. The van der Waals surface area contributed by atoms with Gasteiger partial charge in [0.15, 0.2) is 5.52 Å². The maximum Gasteiger partial charge on any atom is 0.328 e. The maximum absolute atomic E-state index is 12.4. The van der Waals surface area contributed by atoms with Crippen LogP contribution in [0.25, 0.3) is 11.0 Å². The third kappa shape index (κ3) is 3.08. The lowest BCUT2D eigenvalue weighted by atomic mass is 10.1. The van der Waals surface area contributed by atoms with Crippen LogP contribution in [-0.2, 0) is 6.54 Å². The topological polar surface area (TPSA) is 77.0 Å². The van der Waals surface area contributed by atoms with Gasteiger partial charge >= 0.3 is 5.69 Å². The summed E-state index contributed by atoms with van der Waals surface area (Å²) in [6, 6.07) is 9.24. The molecule has 2 aromatic heterocycles. The summed E-state index contributed by atoms with van der Waals surface area (Å²) < 4.78 is 6.93. The quantitative estimate of drug-likeness (QED) is 0.729. The highest BCUT2D eigenvalue weighted by Crippen LogP contribution is 2.20. The van der Waals surface area contributed by atoms with Gasteiger partial charge in [-0.3, -0.25) is 9.36 Å². The van der Waals surface area contributed by atoms with E-state index in [0.717, 1.165) is 11.3 Å². The molecule has 0 bridgehead atoms. The molecule has 0 aliphatic carbocycles. The van der Waals surface area contributed by atoms with E-state index in [9.17, 15) is 9.59 Å². The minimum atomic E-state index is -0.424. The Labute approximate surface area is 138 Å². The summed E-state index contributed by atoms with van der Waals surface area (Å²) in [6.45, 7) is 4.75. The van der Waals surface area contributed by atoms with Gasteiger partial charge in [-0.15, -0.1) is 0 Å². The Bertz CT molecular complexity index is 989. The third-order valence-electron chi connectivity index (χ3n) is 4.08. The van der Waals surface area contributed by atoms with Gasteiger partial charge in [0.2, 0.25) is 0 Å². The zero-order valence-electron chi connectivity index (χ0n) is 13.7. The van der Waals surface area contributed by atoms with Crippen molar-refractivity contribution in [3.63, 3.8) is 0 Å². The van der Waals surface area contributed by atoms with Gasteiger partial charge in [-0.2, -0.15) is 0 Å². The number of nitrogens with zero attached hydrogens (tertiary/aromatic N) is 2. The average molecular weight is 325 g/mol. The van der Waals surface area contributed by atoms with Gasteiger partial charge in [0.25, 0.3) is 5.56 Å². The van der Waals surface area contributed by atoms with Crippen molar-refractivity contribution in [3.05, 3.63) is 68.5 Å². The molecular formula is C18H19N3O3. The van der Waals surface area contributed by atoms with Crippen molar-refractivity contribution in [2.45, 2.75) is 26.8 Å². The number of rotatable bonds is 5. The predicted molar refractivity (Wildman–Crippen MR) is 92.7 cm³/mol. The van der Waals surface area contributed by atoms with E-state index in [1.165, 1.54) is 16.3 Å². The number of H-pyrrole nitrogens is 1. The van der Waals surface area contributed by atoms with Gasteiger partial charge in [-0.05, 0) is 49.6 Å². The van der Waals surface area contributed by atoms with Crippen LogP contribution in [0, 0.1) is 13.8 Å². The summed E-state index contributed by atoms with van der Waals surface area (Å²) in [7, 11) is 0. The van der Waals surface area contributed by atoms with Crippen molar-refractivity contribution in [3.8, 4) is 5.75 Å². The summed E-state index contributed by atoms with van der Waals surface area (Å²) in [6.07, 6.45) is 2.09. The summed E-state index contributed by atoms with van der Waals surface area (Å²) in [4.78, 5) is 31.1. The molecule has 24 heavy (non-hydrogen) atoms. The molecule has 0 aliphatic heterocycles. The van der Waals surface area contributed by atoms with Gasteiger partial charge in [-0.1, -0.05) is 12.1 Å². The predicted octanol–water partition coefficient (Wildman–Crippen LogP) is 2.17. The van der Waals surface area contributed by atoms with Crippen molar-refractivity contribution in [1.29, 1.82) is 0 Å². The van der Waals surface area contributed by atoms with Crippen LogP contribution in [0.5, 0.6) is 5.75 Å². The number of hydrogen-bond acceptors (Lipinski definition) is 4. The highest BCUT2D eigenvalue weighted by atomic mass is 16.5. The molecule has 0 aliphatic rings. The Kier molecular flexibility index (Phi) is 4.46. The molecule has 0 saturated carbocycles. The van der Waals surface area contributed by atoms with Crippen molar-refractivity contribution < 1.29 is 4.74 Å². The largest absolute Gasteiger partial charge is 0.493 e. The second-order valence-corrected chi connectivity index (χ2v) is 5.69. The lowest BCUT2D eigenvalue weighted by Gasteiger charge is -2.11. The minimum Gasteiger partial charge on any atom is -0.493 e. The van der Waals surface area contributed by atoms with Crippen LogP contribution >= 0.6 is 0 Å². The van der Waals surface area contributed by atoms with Crippen LogP contribution in [0.4, 0.5) is 0 Å². The van der Waals surface area contributed by atoms with Gasteiger partial charge in [0.05, 0.1) is 12.1 Å². The lowest BCUT2D eigenvalue weighted by Crippen LogP contribution is -2.35. The molecule has 6 heteroatoms. The van der Waals surface area contributed by atoms with Crippen molar-refractivity contribution in [1.82, 2.24) is 14.5 Å². The molecule has 0 saturated heterocycles. The van der Waals surface area contributed by atoms with Crippen molar-refractivity contribution in [2.75, 3.05) is 6.61 Å². The van der Waals surface area contributed by atoms with Crippen LogP contribution in [-0.4, -0.2) is 21.1 Å². The standard InChI is InChI=1S/C18H19N3O3/c1-12-6-3-8-15(13(12)2)24-11-5-10-21-17(22)16-14(20-18(21)23)7-4-9-19-16/h3-4,6-9H,5,10-11H2,1-2H3,(H,20,23). The number of benzene rings is 1. The monoisotopic (exact) mass is 325 g/mol. The maximum atomic E-state index is 12.4. The summed E-state index contributed by atoms with van der Waals surface area (Å²) >= 11 is 0. The first kappa shape index (κ1) is 16.0. The molecule has 2 heterocycles. The highest BCUT2D eigenvalue weighted by molar-refractivity contribution is 5.71. The molecular weight excluding hydrogens is 306 g/mol. The zero-order chi connectivity index (χ0) is 17.1. The molecule has 0 fully saturated rings. The second kappa shape index (κ2) is 6.70. The smallest absolute Gasteiger partial charge is 0.328 e. The SMILES string of the molecule is Cc1cccc(OCCCn2c(=O)[nH]c3cccnc3c2=O)c1C. The molecule has 0 amide bonds. The molecule has 1 aromatic carbocycles. The van der Waals surface area contributed by atoms with Gasteiger partial charge in [0, 0.05) is 12.7 Å². The van der Waals surface area contributed by atoms with E-state index >= 15 is 0 Å². The Hall–Kier alpha value is -2.89. The number of nitrogens with one attached hydrogen (secondary N) is 1. The number of fused-ring (bicyclic) bond motifs is 1. The van der Waals surface area contributed by atoms with Gasteiger partial charge < -0.3 is 9.72 Å². The first-order valence-electron chi connectivity index (χ1n) is 7.85. The molecule has 1 N–H and O–H groups in total. The molecule has 3 rings (SSSR count). The lowest BCUT2D eigenvalue weighted by molar-refractivity contribution is 0.298. The van der Waals surface area contributed by atoms with Crippen LogP contribution < -0.4 is 16.0 Å². The second-order valence-electron chi connectivity index (χ2n) is 5.69. The van der Waals surface area contributed by atoms with Crippen LogP contribution in [0.1, 0.15) is 17.5 Å². The summed E-state index contributed by atoms with van der Waals surface area (Å²) in [5, 5.41) is 0. The number of aryl methyl sites for hydroxylation is 1. The Morgan fingerprint density at radius 1 is 1.17 bits per heavy atom. The van der Waals surface area contributed by atoms with Gasteiger partial charge in [-0.25, -0.2) is 9.78 Å². The number of aromatic amines is 1. The molecule has 0 spiro atoms. The number of aromatic nitrogens is 3. The number of pyridine rings is 1. The zero-order valence-corrected chi connectivity index (χ0v) is 13.7. The fourth-order valence-corrected chi connectivity index (χ4v) is 2.57. The van der Waals surface area contributed by atoms with Crippen molar-refractivity contribution in [2.24, 2.45) is 0 Å². The molecule has 0 unspecified atom stereocenters. The summed E-state index contributed by atoms with van der Waals surface area (Å²) in [5.41, 5.74) is 2.19. The van der Waals surface area contributed by atoms with E-state index < -0.39 is 5.69 Å². The fourth-order valence-electron chi connectivity index (χ4n) is 2.57. The number of hydrogen-bond donors (Lipinski definition) is 1. The van der Waals surface area contributed by atoms with Crippen LogP contribution in [0.15, 0.2) is 46.1 Å².